The van der Waals surface area contributed by atoms with Crippen LogP contribution in [0.15, 0.2) is 42.5 Å². The highest BCUT2D eigenvalue weighted by molar-refractivity contribution is 5.84. The van der Waals surface area contributed by atoms with Gasteiger partial charge >= 0.3 is 0 Å². The van der Waals surface area contributed by atoms with Crippen molar-refractivity contribution in [3.8, 4) is 0 Å². The topological polar surface area (TPSA) is 55.1 Å². The normalized spacial score (nSPS) is 11.9. The largest absolute Gasteiger partial charge is 0.370 e. The van der Waals surface area contributed by atoms with Crippen LogP contribution in [0.5, 0.6) is 0 Å². The monoisotopic (exact) mass is 276 g/mol. The van der Waals surface area contributed by atoms with E-state index in [9.17, 15) is 13.6 Å². The molecule has 2 rings (SSSR count). The second-order valence-corrected chi connectivity index (χ2v) is 4.50. The average molecular weight is 276 g/mol. The zero-order valence-corrected chi connectivity index (χ0v) is 10.9. The molecule has 0 radical (unpaired) electrons. The number of primary amides is 1. The first-order valence-electron chi connectivity index (χ1n) is 6.05. The molecule has 1 amide bonds. The van der Waals surface area contributed by atoms with Crippen LogP contribution in [0, 0.1) is 18.6 Å². The van der Waals surface area contributed by atoms with E-state index in [2.05, 4.69) is 5.32 Å². The zero-order valence-electron chi connectivity index (χ0n) is 10.9. The summed E-state index contributed by atoms with van der Waals surface area (Å²) in [6.45, 7) is 1.85. The summed E-state index contributed by atoms with van der Waals surface area (Å²) in [5.41, 5.74) is 7.05. The van der Waals surface area contributed by atoms with Crippen LogP contribution in [0.25, 0.3) is 0 Å². The van der Waals surface area contributed by atoms with E-state index in [4.69, 9.17) is 5.73 Å². The first kappa shape index (κ1) is 14.0. The van der Waals surface area contributed by atoms with E-state index in [1.54, 1.807) is 12.1 Å². The van der Waals surface area contributed by atoms with Crippen LogP contribution in [-0.2, 0) is 4.79 Å². The molecule has 0 bridgehead atoms. The summed E-state index contributed by atoms with van der Waals surface area (Å²) in [6, 6.07) is 9.18. The Bertz CT molecular complexity index is 623. The maximum Gasteiger partial charge on any atom is 0.244 e. The van der Waals surface area contributed by atoms with Gasteiger partial charge in [-0.05, 0) is 36.2 Å². The molecule has 0 saturated carbocycles. The Morgan fingerprint density at radius 1 is 1.15 bits per heavy atom. The van der Waals surface area contributed by atoms with Gasteiger partial charge in [0.25, 0.3) is 0 Å². The third-order valence-electron chi connectivity index (χ3n) is 2.95. The van der Waals surface area contributed by atoms with Crippen molar-refractivity contribution in [1.29, 1.82) is 0 Å². The molecule has 0 aliphatic heterocycles. The van der Waals surface area contributed by atoms with Gasteiger partial charge in [0.15, 0.2) is 0 Å². The van der Waals surface area contributed by atoms with Crippen molar-refractivity contribution >= 4 is 11.6 Å². The molecular formula is C15H14F2N2O. The Morgan fingerprint density at radius 2 is 1.75 bits per heavy atom. The number of para-hydroxylation sites is 1. The fourth-order valence-electron chi connectivity index (χ4n) is 1.95. The van der Waals surface area contributed by atoms with Gasteiger partial charge in [-0.15, -0.1) is 0 Å². The summed E-state index contributed by atoms with van der Waals surface area (Å²) in [6.07, 6.45) is 0. The molecule has 0 fully saturated rings. The molecule has 3 N–H and O–H groups in total. The van der Waals surface area contributed by atoms with Gasteiger partial charge in [0.1, 0.15) is 17.7 Å². The van der Waals surface area contributed by atoms with Crippen LogP contribution >= 0.6 is 0 Å². The third-order valence-corrected chi connectivity index (χ3v) is 2.95. The van der Waals surface area contributed by atoms with Crippen molar-refractivity contribution in [2.45, 2.75) is 13.0 Å². The number of rotatable bonds is 4. The number of nitrogens with two attached hydrogens (primary N) is 1. The van der Waals surface area contributed by atoms with E-state index in [1.807, 2.05) is 19.1 Å². The number of hydrogen-bond donors (Lipinski definition) is 2. The molecule has 2 aromatic rings. The molecule has 104 valence electrons. The Labute approximate surface area is 115 Å². The lowest BCUT2D eigenvalue weighted by Crippen LogP contribution is -2.28. The van der Waals surface area contributed by atoms with Crippen molar-refractivity contribution in [2.24, 2.45) is 5.73 Å². The number of carbonyl (C=O) groups excluding carboxylic acids is 1. The highest BCUT2D eigenvalue weighted by Crippen LogP contribution is 2.23. The first-order chi connectivity index (χ1) is 9.47. The fourth-order valence-corrected chi connectivity index (χ4v) is 1.95. The van der Waals surface area contributed by atoms with Gasteiger partial charge in [0, 0.05) is 11.8 Å². The number of nitrogens with one attached hydrogen (secondary N) is 1. The number of anilines is 1. The number of carbonyl (C=O) groups is 1. The smallest absolute Gasteiger partial charge is 0.244 e. The molecule has 0 spiro atoms. The summed E-state index contributed by atoms with van der Waals surface area (Å²) in [4.78, 5) is 11.6. The highest BCUT2D eigenvalue weighted by Gasteiger charge is 2.19. The van der Waals surface area contributed by atoms with E-state index in [-0.39, 0.29) is 5.56 Å². The molecule has 0 heterocycles. The number of hydrogen-bond acceptors (Lipinski definition) is 2. The van der Waals surface area contributed by atoms with Gasteiger partial charge in [-0.1, -0.05) is 18.2 Å². The summed E-state index contributed by atoms with van der Waals surface area (Å²) >= 11 is 0. The molecule has 5 heteroatoms. The van der Waals surface area contributed by atoms with E-state index in [1.165, 1.54) is 0 Å². The third kappa shape index (κ3) is 3.12. The Morgan fingerprint density at radius 3 is 2.30 bits per heavy atom. The average Bonchev–Trinajstić information content (AvgIpc) is 2.36. The lowest BCUT2D eigenvalue weighted by molar-refractivity contribution is -0.118. The molecule has 20 heavy (non-hydrogen) atoms. The molecular weight excluding hydrogens is 262 g/mol. The van der Waals surface area contributed by atoms with Gasteiger partial charge in [0.2, 0.25) is 5.91 Å². The minimum absolute atomic E-state index is 0.151. The molecule has 2 aromatic carbocycles. The SMILES string of the molecule is Cc1ccccc1NC(C(N)=O)c1cc(F)cc(F)c1. The van der Waals surface area contributed by atoms with Crippen LogP contribution in [0.1, 0.15) is 17.2 Å². The Hall–Kier alpha value is -2.43. The van der Waals surface area contributed by atoms with Crippen LogP contribution in [0.3, 0.4) is 0 Å². The minimum Gasteiger partial charge on any atom is -0.370 e. The lowest BCUT2D eigenvalue weighted by Gasteiger charge is -2.18. The molecule has 0 aliphatic carbocycles. The van der Waals surface area contributed by atoms with Crippen LogP contribution < -0.4 is 11.1 Å². The van der Waals surface area contributed by atoms with Crippen LogP contribution in [0.4, 0.5) is 14.5 Å². The minimum atomic E-state index is -0.999. The quantitative estimate of drug-likeness (QED) is 0.902. The predicted octanol–water partition coefficient (Wildman–Crippen LogP) is 2.91. The molecule has 1 atom stereocenters. The predicted molar refractivity (Wildman–Crippen MR) is 73.1 cm³/mol. The second kappa shape index (κ2) is 5.69. The lowest BCUT2D eigenvalue weighted by atomic mass is 10.0. The van der Waals surface area contributed by atoms with Crippen molar-refractivity contribution in [1.82, 2.24) is 0 Å². The molecule has 1 unspecified atom stereocenters. The van der Waals surface area contributed by atoms with Crippen LogP contribution in [-0.4, -0.2) is 5.91 Å². The Balaban J connectivity index is 2.37. The van der Waals surface area contributed by atoms with Crippen molar-refractivity contribution < 1.29 is 13.6 Å². The van der Waals surface area contributed by atoms with Gasteiger partial charge in [-0.2, -0.15) is 0 Å². The maximum absolute atomic E-state index is 13.2. The van der Waals surface area contributed by atoms with Crippen LogP contribution in [0.2, 0.25) is 0 Å². The highest BCUT2D eigenvalue weighted by atomic mass is 19.1. The Kier molecular flexibility index (Phi) is 3.98. The fraction of sp³-hybridized carbons (Fsp3) is 0.133. The van der Waals surface area contributed by atoms with E-state index < -0.39 is 23.6 Å². The zero-order chi connectivity index (χ0) is 14.7. The summed E-state index contributed by atoms with van der Waals surface area (Å²) in [5.74, 6) is -2.21. The van der Waals surface area contributed by atoms with Gasteiger partial charge in [-0.3, -0.25) is 4.79 Å². The molecule has 3 nitrogen and oxygen atoms in total. The second-order valence-electron chi connectivity index (χ2n) is 4.50. The summed E-state index contributed by atoms with van der Waals surface area (Å²) < 4.78 is 26.5. The standard InChI is InChI=1S/C15H14F2N2O/c1-9-4-2-3-5-13(9)19-14(15(18)20)10-6-11(16)8-12(17)7-10/h2-8,14,19H,1H3,(H2,18,20). The van der Waals surface area contributed by atoms with E-state index in [0.717, 1.165) is 23.8 Å². The van der Waals surface area contributed by atoms with E-state index in [0.29, 0.717) is 5.69 Å². The van der Waals surface area contributed by atoms with Gasteiger partial charge in [0.05, 0.1) is 0 Å². The van der Waals surface area contributed by atoms with Gasteiger partial charge in [-0.25, -0.2) is 8.78 Å². The summed E-state index contributed by atoms with van der Waals surface area (Å²) in [7, 11) is 0. The molecule has 0 aliphatic rings. The first-order valence-corrected chi connectivity index (χ1v) is 6.05. The van der Waals surface area contributed by atoms with Gasteiger partial charge < -0.3 is 11.1 Å². The number of benzene rings is 2. The number of amides is 1. The van der Waals surface area contributed by atoms with Crippen molar-refractivity contribution in [3.05, 3.63) is 65.2 Å². The summed E-state index contributed by atoms with van der Waals surface area (Å²) in [5, 5.41) is 2.91. The van der Waals surface area contributed by atoms with Crippen molar-refractivity contribution in [3.63, 3.8) is 0 Å². The molecule has 0 aromatic heterocycles. The number of halogens is 2. The molecule has 0 saturated heterocycles. The van der Waals surface area contributed by atoms with Crippen molar-refractivity contribution in [2.75, 3.05) is 5.32 Å². The number of aryl methyl sites for hydroxylation is 1. The van der Waals surface area contributed by atoms with E-state index >= 15 is 0 Å². The maximum atomic E-state index is 13.2.